The van der Waals surface area contributed by atoms with Crippen LogP contribution in [0.15, 0.2) is 0 Å². The second-order valence-electron chi connectivity index (χ2n) is 2.12. The monoisotopic (exact) mass is 179 g/mol. The van der Waals surface area contributed by atoms with Gasteiger partial charge in [-0.05, 0) is 6.92 Å². The van der Waals surface area contributed by atoms with Crippen LogP contribution in [0.3, 0.4) is 0 Å². The number of hydrogen-bond donors (Lipinski definition) is 1. The summed E-state index contributed by atoms with van der Waals surface area (Å²) in [6.07, 6.45) is 0.367. The molecule has 0 radical (unpaired) electrons. The Morgan fingerprint density at radius 1 is 1.36 bits per heavy atom. The van der Waals surface area contributed by atoms with Crippen molar-refractivity contribution in [2.75, 3.05) is 12.3 Å². The van der Waals surface area contributed by atoms with E-state index in [9.17, 15) is 13.2 Å². The summed E-state index contributed by atoms with van der Waals surface area (Å²) in [5.41, 5.74) is 0. The second-order valence-corrected chi connectivity index (χ2v) is 4.21. The quantitative estimate of drug-likeness (QED) is 0.641. The second kappa shape index (κ2) is 4.46. The molecule has 5 heteroatoms. The van der Waals surface area contributed by atoms with E-state index in [2.05, 4.69) is 4.72 Å². The highest BCUT2D eigenvalue weighted by Gasteiger charge is 2.07. The first-order valence-corrected chi connectivity index (χ1v) is 5.16. The van der Waals surface area contributed by atoms with Crippen molar-refractivity contribution < 1.29 is 13.2 Å². The molecule has 0 fully saturated rings. The fourth-order valence-corrected chi connectivity index (χ4v) is 1.00. The van der Waals surface area contributed by atoms with Crippen LogP contribution in [-0.2, 0) is 14.8 Å². The van der Waals surface area contributed by atoms with Crippen molar-refractivity contribution in [2.45, 2.75) is 20.3 Å². The number of ketones is 1. The Balaban J connectivity index is 3.80. The molecule has 0 aromatic heterocycles. The van der Waals surface area contributed by atoms with Gasteiger partial charge in [0.15, 0.2) is 0 Å². The lowest BCUT2D eigenvalue weighted by atomic mass is 10.3. The van der Waals surface area contributed by atoms with Crippen molar-refractivity contribution in [3.05, 3.63) is 0 Å². The van der Waals surface area contributed by atoms with E-state index in [4.69, 9.17) is 0 Å². The van der Waals surface area contributed by atoms with Gasteiger partial charge < -0.3 is 0 Å². The first-order valence-electron chi connectivity index (χ1n) is 3.51. The highest BCUT2D eigenvalue weighted by molar-refractivity contribution is 7.89. The van der Waals surface area contributed by atoms with Crippen LogP contribution in [0.2, 0.25) is 0 Å². The summed E-state index contributed by atoms with van der Waals surface area (Å²) in [6, 6.07) is 0. The molecule has 0 spiro atoms. The molecule has 0 saturated heterocycles. The molecule has 0 saturated carbocycles. The normalized spacial score (nSPS) is 11.5. The third kappa shape index (κ3) is 4.92. The molecule has 1 N–H and O–H groups in total. The number of hydrogen-bond acceptors (Lipinski definition) is 3. The van der Waals surface area contributed by atoms with Gasteiger partial charge in [0.1, 0.15) is 5.78 Å². The largest absolute Gasteiger partial charge is 0.298 e. The van der Waals surface area contributed by atoms with Crippen molar-refractivity contribution >= 4 is 15.8 Å². The lowest BCUT2D eigenvalue weighted by Gasteiger charge is -2.00. The minimum absolute atomic E-state index is 0.0179. The maximum absolute atomic E-state index is 10.8. The van der Waals surface area contributed by atoms with E-state index in [1.807, 2.05) is 0 Å². The minimum atomic E-state index is -3.20. The first-order chi connectivity index (χ1) is 5.02. The van der Waals surface area contributed by atoms with Crippen LogP contribution in [-0.4, -0.2) is 26.5 Å². The van der Waals surface area contributed by atoms with Gasteiger partial charge in [0.25, 0.3) is 0 Å². The van der Waals surface area contributed by atoms with Crippen LogP contribution in [0.5, 0.6) is 0 Å². The Labute approximate surface area is 67.0 Å². The van der Waals surface area contributed by atoms with Crippen LogP contribution in [0.1, 0.15) is 20.3 Å². The summed E-state index contributed by atoms with van der Waals surface area (Å²) in [7, 11) is -3.20. The van der Waals surface area contributed by atoms with E-state index in [1.165, 1.54) is 6.92 Å². The van der Waals surface area contributed by atoms with Gasteiger partial charge in [0.2, 0.25) is 10.0 Å². The molecule has 0 unspecified atom stereocenters. The predicted molar refractivity (Wildman–Crippen MR) is 42.8 cm³/mol. The highest BCUT2D eigenvalue weighted by atomic mass is 32.2. The zero-order chi connectivity index (χ0) is 8.91. The number of carbonyl (C=O) groups is 1. The van der Waals surface area contributed by atoms with Gasteiger partial charge in [0, 0.05) is 6.42 Å². The molecule has 0 aliphatic rings. The van der Waals surface area contributed by atoms with Gasteiger partial charge in [0.05, 0.1) is 12.3 Å². The molecule has 4 nitrogen and oxygen atoms in total. The Morgan fingerprint density at radius 3 is 2.27 bits per heavy atom. The molecule has 0 aromatic carbocycles. The SMILES string of the molecule is CCC(=O)CNS(=O)(=O)CC. The summed E-state index contributed by atoms with van der Waals surface area (Å²) < 4.78 is 23.7. The number of Topliss-reactive ketones (excluding diaryl/α,β-unsaturated/α-hetero) is 1. The van der Waals surface area contributed by atoms with E-state index in [-0.39, 0.29) is 18.1 Å². The Bertz CT molecular complexity index is 220. The molecule has 0 atom stereocenters. The first kappa shape index (κ1) is 10.6. The zero-order valence-corrected chi connectivity index (χ0v) is 7.57. The molecule has 66 valence electrons. The van der Waals surface area contributed by atoms with Gasteiger partial charge in [-0.2, -0.15) is 0 Å². The van der Waals surface area contributed by atoms with Crippen molar-refractivity contribution in [3.63, 3.8) is 0 Å². The summed E-state index contributed by atoms with van der Waals surface area (Å²) in [5.74, 6) is -0.0775. The predicted octanol–water partition coefficient (Wildman–Crippen LogP) is -0.0952. The Morgan fingerprint density at radius 2 is 1.91 bits per heavy atom. The average molecular weight is 179 g/mol. The molecule has 0 bridgehead atoms. The van der Waals surface area contributed by atoms with Crippen LogP contribution in [0.25, 0.3) is 0 Å². The van der Waals surface area contributed by atoms with Gasteiger partial charge in [-0.15, -0.1) is 0 Å². The highest BCUT2D eigenvalue weighted by Crippen LogP contribution is 1.83. The van der Waals surface area contributed by atoms with Crippen molar-refractivity contribution in [3.8, 4) is 0 Å². The van der Waals surface area contributed by atoms with Gasteiger partial charge in [-0.25, -0.2) is 13.1 Å². The Kier molecular flexibility index (Phi) is 4.29. The minimum Gasteiger partial charge on any atom is -0.298 e. The van der Waals surface area contributed by atoms with Crippen molar-refractivity contribution in [1.29, 1.82) is 0 Å². The van der Waals surface area contributed by atoms with Crippen molar-refractivity contribution in [1.82, 2.24) is 4.72 Å². The van der Waals surface area contributed by atoms with Crippen LogP contribution < -0.4 is 4.72 Å². The number of nitrogens with one attached hydrogen (secondary N) is 1. The van der Waals surface area contributed by atoms with E-state index in [0.717, 1.165) is 0 Å². The fraction of sp³-hybridized carbons (Fsp3) is 0.833. The molecular weight excluding hydrogens is 166 g/mol. The molecule has 0 aliphatic heterocycles. The number of rotatable bonds is 5. The number of carbonyl (C=O) groups excluding carboxylic acids is 1. The summed E-state index contributed by atoms with van der Waals surface area (Å²) in [5, 5.41) is 0. The molecular formula is C6H13NO3S. The van der Waals surface area contributed by atoms with E-state index in [1.54, 1.807) is 6.92 Å². The zero-order valence-electron chi connectivity index (χ0n) is 6.75. The molecule has 0 amide bonds. The fourth-order valence-electron chi connectivity index (χ4n) is 0.418. The van der Waals surface area contributed by atoms with Crippen LogP contribution in [0.4, 0.5) is 0 Å². The maximum atomic E-state index is 10.8. The van der Waals surface area contributed by atoms with Crippen LogP contribution >= 0.6 is 0 Å². The number of sulfonamides is 1. The van der Waals surface area contributed by atoms with Gasteiger partial charge in [-0.3, -0.25) is 4.79 Å². The molecule has 0 heterocycles. The molecule has 0 aliphatic carbocycles. The topological polar surface area (TPSA) is 63.2 Å². The lowest BCUT2D eigenvalue weighted by molar-refractivity contribution is -0.117. The maximum Gasteiger partial charge on any atom is 0.211 e. The lowest BCUT2D eigenvalue weighted by Crippen LogP contribution is -2.30. The summed E-state index contributed by atoms with van der Waals surface area (Å²) in [6.45, 7) is 3.15. The van der Waals surface area contributed by atoms with E-state index >= 15 is 0 Å². The average Bonchev–Trinajstić information content (AvgIpc) is 2.00. The third-order valence-electron chi connectivity index (χ3n) is 1.26. The Hall–Kier alpha value is -0.420. The standard InChI is InChI=1S/C6H13NO3S/c1-3-6(8)5-7-11(9,10)4-2/h7H,3-5H2,1-2H3. The van der Waals surface area contributed by atoms with Crippen LogP contribution in [0, 0.1) is 0 Å². The summed E-state index contributed by atoms with van der Waals surface area (Å²) >= 11 is 0. The summed E-state index contributed by atoms with van der Waals surface area (Å²) in [4.78, 5) is 10.6. The van der Waals surface area contributed by atoms with Crippen molar-refractivity contribution in [2.24, 2.45) is 0 Å². The molecule has 0 aromatic rings. The third-order valence-corrected chi connectivity index (χ3v) is 2.61. The van der Waals surface area contributed by atoms with E-state index in [0.29, 0.717) is 6.42 Å². The van der Waals surface area contributed by atoms with Gasteiger partial charge in [-0.1, -0.05) is 6.92 Å². The van der Waals surface area contributed by atoms with E-state index < -0.39 is 10.0 Å². The molecule has 0 rings (SSSR count). The smallest absolute Gasteiger partial charge is 0.211 e. The molecule has 11 heavy (non-hydrogen) atoms. The van der Waals surface area contributed by atoms with Gasteiger partial charge >= 0.3 is 0 Å².